The van der Waals surface area contributed by atoms with Gasteiger partial charge in [-0.25, -0.2) is 8.97 Å². The van der Waals surface area contributed by atoms with Crippen molar-refractivity contribution in [3.63, 3.8) is 0 Å². The average Bonchev–Trinajstić information content (AvgIpc) is 3.41. The molecule has 0 amide bonds. The summed E-state index contributed by atoms with van der Waals surface area (Å²) >= 11 is 9.44. The van der Waals surface area contributed by atoms with E-state index in [1.807, 2.05) is 30.3 Å². The molecule has 33 heavy (non-hydrogen) atoms. The van der Waals surface area contributed by atoms with Gasteiger partial charge in [0, 0.05) is 28.7 Å². The third-order valence-corrected chi connectivity index (χ3v) is 8.42. The van der Waals surface area contributed by atoms with Crippen LogP contribution in [0.15, 0.2) is 64.5 Å². The first-order chi connectivity index (χ1) is 16.1. The van der Waals surface area contributed by atoms with E-state index in [0.29, 0.717) is 10.8 Å². The van der Waals surface area contributed by atoms with Crippen molar-refractivity contribution < 1.29 is 0 Å². The second kappa shape index (κ2) is 8.29. The van der Waals surface area contributed by atoms with Crippen molar-refractivity contribution in [3.8, 4) is 5.69 Å². The molecule has 0 atom stereocenters. The van der Waals surface area contributed by atoms with E-state index in [0.717, 1.165) is 51.9 Å². The second-order valence-corrected chi connectivity index (χ2v) is 10.6. The van der Waals surface area contributed by atoms with Gasteiger partial charge in [-0.15, -0.1) is 21.5 Å². The molecule has 0 saturated heterocycles. The van der Waals surface area contributed by atoms with Crippen LogP contribution in [0.1, 0.15) is 16.0 Å². The number of thiophene rings is 1. The molecule has 0 N–H and O–H groups in total. The number of thioether (sulfide) groups is 1. The second-order valence-electron chi connectivity index (χ2n) is 8.18. The van der Waals surface area contributed by atoms with Gasteiger partial charge in [-0.2, -0.15) is 0 Å². The van der Waals surface area contributed by atoms with Gasteiger partial charge in [0.2, 0.25) is 5.78 Å². The Bertz CT molecular complexity index is 1540. The summed E-state index contributed by atoms with van der Waals surface area (Å²) in [6.07, 6.45) is 0.863. The zero-order chi connectivity index (χ0) is 22.5. The number of benzene rings is 2. The van der Waals surface area contributed by atoms with E-state index in [1.165, 1.54) is 10.4 Å². The molecule has 2 aromatic carbocycles. The molecular formula is C24H20ClN5OS2. The van der Waals surface area contributed by atoms with Crippen LogP contribution in [-0.2, 0) is 18.7 Å². The Balaban J connectivity index is 1.61. The summed E-state index contributed by atoms with van der Waals surface area (Å²) in [5.41, 5.74) is 3.06. The molecule has 0 unspecified atom stereocenters. The molecular weight excluding hydrogens is 474 g/mol. The lowest BCUT2D eigenvalue weighted by molar-refractivity contribution is 0.318. The molecule has 166 valence electrons. The summed E-state index contributed by atoms with van der Waals surface area (Å²) in [5, 5.41) is 11.2. The molecule has 9 heteroatoms. The van der Waals surface area contributed by atoms with Crippen molar-refractivity contribution in [1.29, 1.82) is 0 Å². The van der Waals surface area contributed by atoms with Crippen LogP contribution in [0.2, 0.25) is 5.02 Å². The van der Waals surface area contributed by atoms with Gasteiger partial charge in [0.1, 0.15) is 4.83 Å². The van der Waals surface area contributed by atoms with Crippen LogP contribution in [0, 0.1) is 0 Å². The Morgan fingerprint density at radius 2 is 1.88 bits per heavy atom. The fraction of sp³-hybridized carbons (Fsp3) is 0.208. The molecule has 0 bridgehead atoms. The molecule has 0 saturated carbocycles. The van der Waals surface area contributed by atoms with Crippen molar-refractivity contribution in [2.24, 2.45) is 0 Å². The van der Waals surface area contributed by atoms with Crippen LogP contribution in [0.25, 0.3) is 21.7 Å². The van der Waals surface area contributed by atoms with Gasteiger partial charge in [0.05, 0.1) is 11.1 Å². The molecule has 1 aliphatic rings. The van der Waals surface area contributed by atoms with Crippen LogP contribution in [0.4, 0.5) is 0 Å². The summed E-state index contributed by atoms with van der Waals surface area (Å²) in [6, 6.07) is 17.6. The summed E-state index contributed by atoms with van der Waals surface area (Å²) < 4.78 is 3.73. The van der Waals surface area contributed by atoms with Crippen molar-refractivity contribution in [2.45, 2.75) is 23.9 Å². The predicted octanol–water partition coefficient (Wildman–Crippen LogP) is 5.03. The smallest absolute Gasteiger partial charge is 0.268 e. The fourth-order valence-electron chi connectivity index (χ4n) is 4.32. The summed E-state index contributed by atoms with van der Waals surface area (Å²) in [4.78, 5) is 18.3. The average molecular weight is 494 g/mol. The maximum Gasteiger partial charge on any atom is 0.268 e. The summed E-state index contributed by atoms with van der Waals surface area (Å²) in [6.45, 7) is 1.79. The third-order valence-electron chi connectivity index (χ3n) is 5.96. The monoisotopic (exact) mass is 493 g/mol. The third kappa shape index (κ3) is 3.58. The van der Waals surface area contributed by atoms with Crippen molar-refractivity contribution in [2.75, 3.05) is 13.6 Å². The van der Waals surface area contributed by atoms with Crippen molar-refractivity contribution in [1.82, 2.24) is 24.1 Å². The Hall–Kier alpha value is -2.65. The Morgan fingerprint density at radius 3 is 2.67 bits per heavy atom. The first kappa shape index (κ1) is 20.9. The van der Waals surface area contributed by atoms with E-state index >= 15 is 0 Å². The van der Waals surface area contributed by atoms with Crippen molar-refractivity contribution >= 4 is 50.7 Å². The predicted molar refractivity (Wildman–Crippen MR) is 135 cm³/mol. The first-order valence-electron chi connectivity index (χ1n) is 10.7. The molecule has 0 aliphatic carbocycles. The Morgan fingerprint density at radius 1 is 1.09 bits per heavy atom. The number of likely N-dealkylation sites (N-methyl/N-ethyl adjacent to an activating group) is 1. The largest absolute Gasteiger partial charge is 0.301 e. The highest BCUT2D eigenvalue weighted by Gasteiger charge is 2.26. The highest BCUT2D eigenvalue weighted by atomic mass is 35.5. The van der Waals surface area contributed by atoms with Crippen molar-refractivity contribution in [3.05, 3.63) is 86.0 Å². The number of fused-ring (bicyclic) bond motifs is 5. The van der Waals surface area contributed by atoms with Crippen LogP contribution in [0.3, 0.4) is 0 Å². The van der Waals surface area contributed by atoms with Gasteiger partial charge in [-0.3, -0.25) is 4.79 Å². The Labute approximate surface area is 203 Å². The van der Waals surface area contributed by atoms with Gasteiger partial charge >= 0.3 is 0 Å². The van der Waals surface area contributed by atoms with Gasteiger partial charge in [-0.05, 0) is 48.9 Å². The minimum atomic E-state index is -0.0473. The molecule has 1 aliphatic heterocycles. The topological polar surface area (TPSA) is 55.4 Å². The lowest BCUT2D eigenvalue weighted by atomic mass is 10.1. The number of rotatable bonds is 4. The lowest BCUT2D eigenvalue weighted by Crippen LogP contribution is -2.27. The number of hydrogen-bond acceptors (Lipinski definition) is 6. The van der Waals surface area contributed by atoms with E-state index in [2.05, 4.69) is 38.7 Å². The number of aromatic nitrogens is 4. The summed E-state index contributed by atoms with van der Waals surface area (Å²) in [7, 11) is 2.12. The highest BCUT2D eigenvalue weighted by Crippen LogP contribution is 2.36. The Kier molecular flexibility index (Phi) is 5.25. The minimum absolute atomic E-state index is 0.0473. The standard InChI is InChI=1S/C24H20ClN5OS2/c1-28-12-11-18-19(13-28)33-22-20(18)21(31)29(17-9-7-16(25)8-10-17)23-26-27-24(30(22)23)32-14-15-5-3-2-4-6-15/h2-10H,11-14H2,1H3. The number of nitrogens with zero attached hydrogens (tertiary/aromatic N) is 5. The normalized spacial score (nSPS) is 14.2. The summed E-state index contributed by atoms with van der Waals surface area (Å²) in [5.74, 6) is 1.30. The fourth-order valence-corrected chi connectivity index (χ4v) is 6.81. The van der Waals surface area contributed by atoms with Crippen LogP contribution in [0.5, 0.6) is 0 Å². The van der Waals surface area contributed by atoms with Gasteiger partial charge in [-0.1, -0.05) is 53.7 Å². The van der Waals surface area contributed by atoms with Gasteiger partial charge in [0.25, 0.3) is 5.56 Å². The molecule has 0 fully saturated rings. The van der Waals surface area contributed by atoms with E-state index in [9.17, 15) is 4.79 Å². The van der Waals surface area contributed by atoms with Gasteiger partial charge < -0.3 is 4.90 Å². The highest BCUT2D eigenvalue weighted by molar-refractivity contribution is 7.98. The molecule has 5 aromatic rings. The maximum absolute atomic E-state index is 13.9. The molecule has 6 rings (SSSR count). The zero-order valence-corrected chi connectivity index (χ0v) is 20.3. The van der Waals surface area contributed by atoms with E-state index in [4.69, 9.17) is 11.6 Å². The van der Waals surface area contributed by atoms with E-state index < -0.39 is 0 Å². The van der Waals surface area contributed by atoms with E-state index in [-0.39, 0.29) is 5.56 Å². The van der Waals surface area contributed by atoms with Crippen LogP contribution >= 0.6 is 34.7 Å². The molecule has 0 radical (unpaired) electrons. The quantitative estimate of drug-likeness (QED) is 0.329. The molecule has 4 heterocycles. The maximum atomic E-state index is 13.9. The SMILES string of the molecule is CN1CCc2c(sc3c2c(=O)n(-c2ccc(Cl)cc2)c2nnc(SCc4ccccc4)n32)C1. The van der Waals surface area contributed by atoms with Gasteiger partial charge in [0.15, 0.2) is 5.16 Å². The molecule has 0 spiro atoms. The first-order valence-corrected chi connectivity index (χ1v) is 12.8. The van der Waals surface area contributed by atoms with Crippen LogP contribution < -0.4 is 5.56 Å². The zero-order valence-electron chi connectivity index (χ0n) is 17.9. The lowest BCUT2D eigenvalue weighted by Gasteiger charge is -2.21. The van der Waals surface area contributed by atoms with Crippen LogP contribution in [-0.4, -0.2) is 37.7 Å². The number of hydrogen-bond donors (Lipinski definition) is 0. The molecule has 6 nitrogen and oxygen atoms in total. The minimum Gasteiger partial charge on any atom is -0.301 e. The molecule has 3 aromatic heterocycles. The van der Waals surface area contributed by atoms with E-state index in [1.54, 1.807) is 39.8 Å². The number of halogens is 1.